The Morgan fingerprint density at radius 2 is 2.06 bits per heavy atom. The number of nitrogens with two attached hydrogens (primary N) is 1. The molecular formula is C10H9F2N3O. The first-order chi connectivity index (χ1) is 7.58. The SMILES string of the molecule is Cn1ccnc1Oc1cc(F)c(N)cc1F. The fourth-order valence-corrected chi connectivity index (χ4v) is 1.17. The topological polar surface area (TPSA) is 53.1 Å². The fourth-order valence-electron chi connectivity index (χ4n) is 1.17. The lowest BCUT2D eigenvalue weighted by Crippen LogP contribution is -1.98. The number of nitrogen functional groups attached to an aromatic ring is 1. The van der Waals surface area contributed by atoms with Gasteiger partial charge in [-0.15, -0.1) is 0 Å². The molecule has 2 N–H and O–H groups in total. The van der Waals surface area contributed by atoms with Crippen molar-refractivity contribution in [2.24, 2.45) is 7.05 Å². The number of ether oxygens (including phenoxy) is 1. The highest BCUT2D eigenvalue weighted by molar-refractivity contribution is 5.45. The number of nitrogens with zero attached hydrogens (tertiary/aromatic N) is 2. The smallest absolute Gasteiger partial charge is 0.301 e. The third-order valence-corrected chi connectivity index (χ3v) is 2.03. The number of benzene rings is 1. The Bertz CT molecular complexity index is 525. The lowest BCUT2D eigenvalue weighted by Gasteiger charge is -2.07. The molecule has 0 aliphatic carbocycles. The normalized spacial score (nSPS) is 10.4. The number of aryl methyl sites for hydroxylation is 1. The molecule has 0 amide bonds. The van der Waals surface area contributed by atoms with Crippen molar-refractivity contribution in [3.8, 4) is 11.8 Å². The number of hydrogen-bond donors (Lipinski definition) is 1. The zero-order valence-corrected chi connectivity index (χ0v) is 8.45. The molecule has 2 aromatic rings. The van der Waals surface area contributed by atoms with Crippen LogP contribution in [0.15, 0.2) is 24.5 Å². The predicted molar refractivity (Wildman–Crippen MR) is 54.1 cm³/mol. The van der Waals surface area contributed by atoms with Gasteiger partial charge < -0.3 is 15.0 Å². The average Bonchev–Trinajstić information content (AvgIpc) is 2.61. The maximum atomic E-state index is 13.3. The van der Waals surface area contributed by atoms with E-state index in [1.165, 1.54) is 10.8 Å². The van der Waals surface area contributed by atoms with Gasteiger partial charge in [0, 0.05) is 31.6 Å². The molecule has 0 aliphatic heterocycles. The Balaban J connectivity index is 2.35. The van der Waals surface area contributed by atoms with Crippen LogP contribution < -0.4 is 10.5 Å². The van der Waals surface area contributed by atoms with Gasteiger partial charge in [0.2, 0.25) is 0 Å². The van der Waals surface area contributed by atoms with Crippen LogP contribution in [0.5, 0.6) is 11.8 Å². The Hall–Kier alpha value is -2.11. The van der Waals surface area contributed by atoms with Crippen molar-refractivity contribution in [1.82, 2.24) is 9.55 Å². The molecule has 0 bridgehead atoms. The molecule has 0 saturated carbocycles. The van der Waals surface area contributed by atoms with Gasteiger partial charge in [0.15, 0.2) is 11.6 Å². The highest BCUT2D eigenvalue weighted by atomic mass is 19.1. The van der Waals surface area contributed by atoms with Crippen LogP contribution in [0, 0.1) is 11.6 Å². The quantitative estimate of drug-likeness (QED) is 0.796. The second kappa shape index (κ2) is 3.80. The largest absolute Gasteiger partial charge is 0.422 e. The van der Waals surface area contributed by atoms with E-state index >= 15 is 0 Å². The van der Waals surface area contributed by atoms with E-state index in [1.54, 1.807) is 13.2 Å². The van der Waals surface area contributed by atoms with Crippen LogP contribution in [0.4, 0.5) is 14.5 Å². The summed E-state index contributed by atoms with van der Waals surface area (Å²) in [6.07, 6.45) is 3.11. The van der Waals surface area contributed by atoms with Gasteiger partial charge in [0.1, 0.15) is 5.82 Å². The molecular weight excluding hydrogens is 216 g/mol. The van der Waals surface area contributed by atoms with Crippen LogP contribution in [0.3, 0.4) is 0 Å². The summed E-state index contributed by atoms with van der Waals surface area (Å²) < 4.78 is 33.1. The van der Waals surface area contributed by atoms with Crippen LogP contribution in [0.2, 0.25) is 0 Å². The molecule has 6 heteroatoms. The molecule has 0 spiro atoms. The minimum atomic E-state index is -0.734. The number of anilines is 1. The maximum absolute atomic E-state index is 13.3. The zero-order valence-electron chi connectivity index (χ0n) is 8.45. The number of imidazole rings is 1. The monoisotopic (exact) mass is 225 g/mol. The highest BCUT2D eigenvalue weighted by Gasteiger charge is 2.11. The highest BCUT2D eigenvalue weighted by Crippen LogP contribution is 2.26. The van der Waals surface area contributed by atoms with Gasteiger partial charge in [-0.25, -0.2) is 13.8 Å². The number of halogens is 2. The molecule has 2 rings (SSSR count). The first-order valence-corrected chi connectivity index (χ1v) is 4.47. The molecule has 84 valence electrons. The number of hydrogen-bond acceptors (Lipinski definition) is 3. The van der Waals surface area contributed by atoms with Crippen molar-refractivity contribution < 1.29 is 13.5 Å². The zero-order chi connectivity index (χ0) is 11.7. The van der Waals surface area contributed by atoms with Crippen molar-refractivity contribution in [2.75, 3.05) is 5.73 Å². The molecule has 0 radical (unpaired) electrons. The van der Waals surface area contributed by atoms with E-state index in [1.807, 2.05) is 0 Å². The average molecular weight is 225 g/mol. The lowest BCUT2D eigenvalue weighted by atomic mass is 10.3. The molecule has 1 heterocycles. The van der Waals surface area contributed by atoms with Crippen molar-refractivity contribution in [3.05, 3.63) is 36.2 Å². The molecule has 0 aliphatic rings. The van der Waals surface area contributed by atoms with E-state index < -0.39 is 11.6 Å². The van der Waals surface area contributed by atoms with Gasteiger partial charge >= 0.3 is 6.01 Å². The minimum Gasteiger partial charge on any atom is -0.422 e. The molecule has 1 aromatic carbocycles. The first-order valence-electron chi connectivity index (χ1n) is 4.47. The van der Waals surface area contributed by atoms with E-state index in [4.69, 9.17) is 10.5 Å². The van der Waals surface area contributed by atoms with Crippen LogP contribution in [-0.2, 0) is 7.05 Å². The summed E-state index contributed by atoms with van der Waals surface area (Å²) >= 11 is 0. The van der Waals surface area contributed by atoms with Gasteiger partial charge in [0.25, 0.3) is 0 Å². The van der Waals surface area contributed by atoms with Gasteiger partial charge in [-0.05, 0) is 0 Å². The summed E-state index contributed by atoms with van der Waals surface area (Å²) in [5, 5.41) is 0. The summed E-state index contributed by atoms with van der Waals surface area (Å²) in [6, 6.07) is 1.93. The van der Waals surface area contributed by atoms with Gasteiger partial charge in [-0.2, -0.15) is 0 Å². The maximum Gasteiger partial charge on any atom is 0.301 e. The molecule has 0 saturated heterocycles. The molecule has 0 unspecified atom stereocenters. The second-order valence-corrected chi connectivity index (χ2v) is 3.23. The van der Waals surface area contributed by atoms with Crippen LogP contribution in [0.25, 0.3) is 0 Å². The van der Waals surface area contributed by atoms with E-state index in [9.17, 15) is 8.78 Å². The van der Waals surface area contributed by atoms with Crippen molar-refractivity contribution in [2.45, 2.75) is 0 Å². The first kappa shape index (κ1) is 10.4. The molecule has 1 aromatic heterocycles. The molecule has 0 atom stereocenters. The number of rotatable bonds is 2. The van der Waals surface area contributed by atoms with Crippen molar-refractivity contribution >= 4 is 5.69 Å². The summed E-state index contributed by atoms with van der Waals surface area (Å²) in [4.78, 5) is 3.82. The van der Waals surface area contributed by atoms with Crippen molar-refractivity contribution in [1.29, 1.82) is 0 Å². The molecule has 0 fully saturated rings. The van der Waals surface area contributed by atoms with Crippen LogP contribution in [-0.4, -0.2) is 9.55 Å². The van der Waals surface area contributed by atoms with E-state index in [0.29, 0.717) is 0 Å². The van der Waals surface area contributed by atoms with Crippen LogP contribution >= 0.6 is 0 Å². The van der Waals surface area contributed by atoms with E-state index in [2.05, 4.69) is 4.98 Å². The lowest BCUT2D eigenvalue weighted by molar-refractivity contribution is 0.394. The number of aromatic nitrogens is 2. The summed E-state index contributed by atoms with van der Waals surface area (Å²) in [5.74, 6) is -1.71. The van der Waals surface area contributed by atoms with E-state index in [-0.39, 0.29) is 17.4 Å². The third-order valence-electron chi connectivity index (χ3n) is 2.03. The Morgan fingerprint density at radius 3 is 2.69 bits per heavy atom. The molecule has 16 heavy (non-hydrogen) atoms. The summed E-state index contributed by atoms with van der Waals surface area (Å²) in [7, 11) is 1.67. The van der Waals surface area contributed by atoms with Gasteiger partial charge in [-0.1, -0.05) is 0 Å². The predicted octanol–water partition coefficient (Wildman–Crippen LogP) is 2.07. The van der Waals surface area contributed by atoms with Crippen molar-refractivity contribution in [3.63, 3.8) is 0 Å². The van der Waals surface area contributed by atoms with Gasteiger partial charge in [-0.3, -0.25) is 0 Å². The Kier molecular flexibility index (Phi) is 2.47. The second-order valence-electron chi connectivity index (χ2n) is 3.23. The minimum absolute atomic E-state index is 0.170. The van der Waals surface area contributed by atoms with E-state index in [0.717, 1.165) is 12.1 Å². The van der Waals surface area contributed by atoms with Gasteiger partial charge in [0.05, 0.1) is 5.69 Å². The summed E-state index contributed by atoms with van der Waals surface area (Å²) in [5.41, 5.74) is 4.94. The Morgan fingerprint density at radius 1 is 1.31 bits per heavy atom. The third kappa shape index (κ3) is 1.81. The Labute approximate surface area is 90.3 Å². The molecule has 4 nitrogen and oxygen atoms in total. The standard InChI is InChI=1S/C10H9F2N3O/c1-15-3-2-14-10(15)16-9-5-6(11)8(13)4-7(9)12/h2-5H,13H2,1H3. The van der Waals surface area contributed by atoms with Crippen LogP contribution in [0.1, 0.15) is 0 Å². The summed E-state index contributed by atoms with van der Waals surface area (Å²) in [6.45, 7) is 0. The fraction of sp³-hybridized carbons (Fsp3) is 0.100.